The van der Waals surface area contributed by atoms with Crippen molar-refractivity contribution in [3.8, 4) is 17.6 Å². The number of ether oxygens (including phenoxy) is 2. The van der Waals surface area contributed by atoms with Crippen LogP contribution in [0, 0.1) is 11.3 Å². The van der Waals surface area contributed by atoms with Gasteiger partial charge in [0.1, 0.15) is 12.4 Å². The Labute approximate surface area is 132 Å². The van der Waals surface area contributed by atoms with E-state index in [1.165, 1.54) is 4.88 Å². The van der Waals surface area contributed by atoms with Crippen molar-refractivity contribution in [2.24, 2.45) is 0 Å². The zero-order chi connectivity index (χ0) is 15.5. The summed E-state index contributed by atoms with van der Waals surface area (Å²) in [5.41, 5.74) is 1.69. The molecule has 0 N–H and O–H groups in total. The molecule has 2 aromatic heterocycles. The first-order valence-corrected chi connectivity index (χ1v) is 7.65. The normalized spacial score (nSPS) is 10.6. The molecular formula is C16H15N3O2S. The Bertz CT molecular complexity index is 831. The Balaban J connectivity index is 2.15. The van der Waals surface area contributed by atoms with Gasteiger partial charge in [-0.25, -0.2) is 4.98 Å². The van der Waals surface area contributed by atoms with Gasteiger partial charge in [-0.3, -0.25) is 0 Å². The smallest absolute Gasteiger partial charge is 0.163 e. The summed E-state index contributed by atoms with van der Waals surface area (Å²) in [5, 5.41) is 11.2. The predicted molar refractivity (Wildman–Crippen MR) is 85.6 cm³/mol. The summed E-state index contributed by atoms with van der Waals surface area (Å²) in [7, 11) is 3.20. The molecule has 112 valence electrons. The number of thiophene rings is 1. The predicted octanol–water partition coefficient (Wildman–Crippen LogP) is 3.23. The number of fused-ring (bicyclic) bond motifs is 1. The highest BCUT2D eigenvalue weighted by atomic mass is 32.1. The molecular weight excluding hydrogens is 298 g/mol. The highest BCUT2D eigenvalue weighted by molar-refractivity contribution is 7.09. The van der Waals surface area contributed by atoms with Gasteiger partial charge in [0.15, 0.2) is 11.5 Å². The summed E-state index contributed by atoms with van der Waals surface area (Å²) in [6.45, 7) is 0.257. The topological polar surface area (TPSA) is 60.1 Å². The number of aromatic nitrogens is 2. The van der Waals surface area contributed by atoms with Gasteiger partial charge in [0.25, 0.3) is 0 Å². The van der Waals surface area contributed by atoms with Crippen LogP contribution in [-0.2, 0) is 13.0 Å². The van der Waals surface area contributed by atoms with Gasteiger partial charge in [-0.05, 0) is 11.4 Å². The molecule has 2 heterocycles. The summed E-state index contributed by atoms with van der Waals surface area (Å²) >= 11 is 1.68. The minimum atomic E-state index is 0.257. The number of nitrogens with zero attached hydrogens (tertiary/aromatic N) is 3. The zero-order valence-electron chi connectivity index (χ0n) is 12.4. The molecule has 0 aliphatic heterocycles. The van der Waals surface area contributed by atoms with Gasteiger partial charge in [0.2, 0.25) is 0 Å². The fourth-order valence-corrected chi connectivity index (χ4v) is 3.15. The minimum Gasteiger partial charge on any atom is -0.493 e. The zero-order valence-corrected chi connectivity index (χ0v) is 13.2. The molecule has 0 fully saturated rings. The van der Waals surface area contributed by atoms with Crippen molar-refractivity contribution in [3.63, 3.8) is 0 Å². The lowest BCUT2D eigenvalue weighted by atomic mass is 10.2. The Morgan fingerprint density at radius 2 is 2.05 bits per heavy atom. The fraction of sp³-hybridized carbons (Fsp3) is 0.250. The van der Waals surface area contributed by atoms with Crippen molar-refractivity contribution in [1.29, 1.82) is 5.26 Å². The lowest BCUT2D eigenvalue weighted by Gasteiger charge is -2.08. The number of methoxy groups -OCH3 is 2. The van der Waals surface area contributed by atoms with Crippen LogP contribution in [0.4, 0.5) is 0 Å². The summed E-state index contributed by atoms with van der Waals surface area (Å²) in [4.78, 5) is 5.89. The number of imidazole rings is 1. The first-order valence-electron chi connectivity index (χ1n) is 6.77. The third-order valence-corrected chi connectivity index (χ3v) is 4.35. The van der Waals surface area contributed by atoms with Crippen LogP contribution in [0.2, 0.25) is 0 Å². The minimum absolute atomic E-state index is 0.257. The summed E-state index contributed by atoms with van der Waals surface area (Å²) in [6.07, 6.45) is 0.707. The quantitative estimate of drug-likeness (QED) is 0.725. The molecule has 0 atom stereocenters. The van der Waals surface area contributed by atoms with Crippen LogP contribution in [0.1, 0.15) is 10.7 Å². The molecule has 1 aromatic carbocycles. The third kappa shape index (κ3) is 2.51. The number of nitriles is 1. The average molecular weight is 313 g/mol. The Kier molecular flexibility index (Phi) is 3.98. The van der Waals surface area contributed by atoms with E-state index in [1.54, 1.807) is 25.6 Å². The van der Waals surface area contributed by atoms with Crippen LogP contribution < -0.4 is 9.47 Å². The second-order valence-corrected chi connectivity index (χ2v) is 5.76. The number of hydrogen-bond acceptors (Lipinski definition) is 5. The molecule has 0 saturated heterocycles. The number of rotatable bonds is 5. The molecule has 0 radical (unpaired) electrons. The maximum Gasteiger partial charge on any atom is 0.163 e. The first-order chi connectivity index (χ1) is 10.8. The van der Waals surface area contributed by atoms with Crippen molar-refractivity contribution in [3.05, 3.63) is 40.3 Å². The lowest BCUT2D eigenvalue weighted by Crippen LogP contribution is -2.03. The summed E-state index contributed by atoms with van der Waals surface area (Å²) < 4.78 is 12.6. The van der Waals surface area contributed by atoms with E-state index in [1.807, 2.05) is 28.1 Å². The van der Waals surface area contributed by atoms with E-state index in [2.05, 4.69) is 17.1 Å². The Morgan fingerprint density at radius 3 is 2.68 bits per heavy atom. The van der Waals surface area contributed by atoms with E-state index in [-0.39, 0.29) is 6.54 Å². The van der Waals surface area contributed by atoms with E-state index < -0.39 is 0 Å². The molecule has 0 aliphatic carbocycles. The van der Waals surface area contributed by atoms with Gasteiger partial charge in [0.05, 0.1) is 31.3 Å². The van der Waals surface area contributed by atoms with Crippen LogP contribution in [0.5, 0.6) is 11.5 Å². The molecule has 3 aromatic rings. The first kappa shape index (κ1) is 14.4. The third-order valence-electron chi connectivity index (χ3n) is 3.47. The van der Waals surface area contributed by atoms with Gasteiger partial charge in [-0.2, -0.15) is 5.26 Å². The van der Waals surface area contributed by atoms with Gasteiger partial charge < -0.3 is 14.0 Å². The molecule has 0 aliphatic rings. The van der Waals surface area contributed by atoms with Crippen LogP contribution in [0.15, 0.2) is 29.6 Å². The number of hydrogen-bond donors (Lipinski definition) is 0. The van der Waals surface area contributed by atoms with Crippen molar-refractivity contribution >= 4 is 22.4 Å². The second-order valence-electron chi connectivity index (χ2n) is 4.72. The van der Waals surface area contributed by atoms with Crippen molar-refractivity contribution in [2.45, 2.75) is 13.0 Å². The molecule has 22 heavy (non-hydrogen) atoms. The van der Waals surface area contributed by atoms with Crippen molar-refractivity contribution in [2.75, 3.05) is 14.2 Å². The van der Waals surface area contributed by atoms with Crippen LogP contribution >= 0.6 is 11.3 Å². The van der Waals surface area contributed by atoms with E-state index in [4.69, 9.17) is 14.7 Å². The largest absolute Gasteiger partial charge is 0.493 e. The average Bonchev–Trinajstić information content (AvgIpc) is 3.15. The van der Waals surface area contributed by atoms with Gasteiger partial charge in [-0.1, -0.05) is 6.07 Å². The molecule has 0 spiro atoms. The molecule has 5 nitrogen and oxygen atoms in total. The summed E-state index contributed by atoms with van der Waals surface area (Å²) in [5.74, 6) is 2.14. The Hall–Kier alpha value is -2.52. The molecule has 0 saturated carbocycles. The fourth-order valence-electron chi connectivity index (χ4n) is 2.45. The molecule has 3 rings (SSSR count). The van der Waals surface area contributed by atoms with Crippen LogP contribution in [-0.4, -0.2) is 23.8 Å². The second kappa shape index (κ2) is 6.08. The van der Waals surface area contributed by atoms with Gasteiger partial charge >= 0.3 is 0 Å². The summed E-state index contributed by atoms with van der Waals surface area (Å²) in [6, 6.07) is 10.0. The van der Waals surface area contributed by atoms with Gasteiger partial charge in [-0.15, -0.1) is 11.3 Å². The van der Waals surface area contributed by atoms with Crippen LogP contribution in [0.3, 0.4) is 0 Å². The highest BCUT2D eigenvalue weighted by Crippen LogP contribution is 2.33. The van der Waals surface area contributed by atoms with Crippen molar-refractivity contribution < 1.29 is 9.47 Å². The van der Waals surface area contributed by atoms with E-state index in [0.717, 1.165) is 16.9 Å². The van der Waals surface area contributed by atoms with E-state index >= 15 is 0 Å². The van der Waals surface area contributed by atoms with E-state index in [0.29, 0.717) is 17.9 Å². The van der Waals surface area contributed by atoms with Gasteiger partial charge in [0, 0.05) is 23.4 Å². The van der Waals surface area contributed by atoms with E-state index in [9.17, 15) is 0 Å². The molecule has 0 bridgehead atoms. The lowest BCUT2D eigenvalue weighted by molar-refractivity contribution is 0.355. The molecule has 0 unspecified atom stereocenters. The highest BCUT2D eigenvalue weighted by Gasteiger charge is 2.15. The molecule has 6 heteroatoms. The maximum atomic E-state index is 9.12. The number of benzene rings is 1. The standard InChI is InChI=1S/C16H15N3O2S/c1-20-14-9-12-13(10-15(14)21-2)19(6-5-17)16(18-12)8-11-4-3-7-22-11/h3-4,7,9-10H,6,8H2,1-2H3. The molecule has 0 amide bonds. The van der Waals surface area contributed by atoms with Crippen LogP contribution in [0.25, 0.3) is 11.0 Å². The Morgan fingerprint density at radius 1 is 1.27 bits per heavy atom. The monoisotopic (exact) mass is 313 g/mol. The SMILES string of the molecule is COc1cc2nc(Cc3cccs3)n(CC#N)c2cc1OC. The van der Waals surface area contributed by atoms with Crippen molar-refractivity contribution in [1.82, 2.24) is 9.55 Å². The maximum absolute atomic E-state index is 9.12.